The van der Waals surface area contributed by atoms with Gasteiger partial charge in [-0.15, -0.1) is 0 Å². The molecule has 0 bridgehead atoms. The third kappa shape index (κ3) is 4.07. The van der Waals surface area contributed by atoms with E-state index in [1.807, 2.05) is 12.1 Å². The number of benzene rings is 3. The van der Waals surface area contributed by atoms with Crippen molar-refractivity contribution >= 4 is 0 Å². The molecule has 4 rings (SSSR count). The molecule has 1 fully saturated rings. The third-order valence-electron chi connectivity index (χ3n) is 5.77. The molecule has 0 nitrogen and oxygen atoms in total. The molecule has 3 aromatic carbocycles. The van der Waals surface area contributed by atoms with Crippen LogP contribution in [0, 0.1) is 35.1 Å². The van der Waals surface area contributed by atoms with Crippen molar-refractivity contribution in [1.29, 1.82) is 0 Å². The van der Waals surface area contributed by atoms with Gasteiger partial charge in [0, 0.05) is 11.5 Å². The summed E-state index contributed by atoms with van der Waals surface area (Å²) in [5.41, 5.74) is 2.75. The average molecular weight is 397 g/mol. The first kappa shape index (κ1) is 19.7. The fourth-order valence-corrected chi connectivity index (χ4v) is 3.94. The van der Waals surface area contributed by atoms with Gasteiger partial charge in [0.1, 0.15) is 5.82 Å². The van der Waals surface area contributed by atoms with Crippen LogP contribution in [0.4, 0.5) is 17.6 Å². The molecule has 29 heavy (non-hydrogen) atoms. The van der Waals surface area contributed by atoms with Crippen molar-refractivity contribution in [2.75, 3.05) is 0 Å². The van der Waals surface area contributed by atoms with Gasteiger partial charge in [-0.1, -0.05) is 43.3 Å². The van der Waals surface area contributed by atoms with E-state index in [9.17, 15) is 17.6 Å². The molecule has 1 radical (unpaired) electrons. The molecule has 0 aliphatic heterocycles. The summed E-state index contributed by atoms with van der Waals surface area (Å²) in [4.78, 5) is 0. The van der Waals surface area contributed by atoms with Crippen molar-refractivity contribution in [3.05, 3.63) is 89.3 Å². The number of rotatable bonds is 3. The molecule has 0 unspecified atom stereocenters. The molecule has 1 aliphatic rings. The predicted molar refractivity (Wildman–Crippen MR) is 107 cm³/mol. The SMILES string of the molecule is CC1CC[C](c2ccc(-c3ccc(-c4cc(F)c(F)c(F)c4)c(F)c3)cc2)CC1. The van der Waals surface area contributed by atoms with Gasteiger partial charge < -0.3 is 0 Å². The van der Waals surface area contributed by atoms with Crippen LogP contribution in [0.3, 0.4) is 0 Å². The van der Waals surface area contributed by atoms with Crippen molar-refractivity contribution in [2.45, 2.75) is 32.6 Å². The monoisotopic (exact) mass is 397 g/mol. The summed E-state index contributed by atoms with van der Waals surface area (Å²) in [6, 6.07) is 14.1. The Hall–Kier alpha value is -2.62. The van der Waals surface area contributed by atoms with Crippen LogP contribution in [0.25, 0.3) is 22.3 Å². The van der Waals surface area contributed by atoms with E-state index in [-0.39, 0.29) is 11.1 Å². The lowest BCUT2D eigenvalue weighted by Gasteiger charge is -2.26. The molecular formula is C25H21F4. The van der Waals surface area contributed by atoms with Crippen molar-refractivity contribution in [2.24, 2.45) is 5.92 Å². The Morgan fingerprint density at radius 2 is 1.14 bits per heavy atom. The molecule has 0 heterocycles. The van der Waals surface area contributed by atoms with Gasteiger partial charge in [0.15, 0.2) is 17.5 Å². The molecule has 4 heteroatoms. The van der Waals surface area contributed by atoms with Crippen LogP contribution in [0.2, 0.25) is 0 Å². The van der Waals surface area contributed by atoms with Gasteiger partial charge in [0.05, 0.1) is 0 Å². The molecule has 0 atom stereocenters. The van der Waals surface area contributed by atoms with Gasteiger partial charge in [-0.2, -0.15) is 0 Å². The summed E-state index contributed by atoms with van der Waals surface area (Å²) in [5.74, 6) is -2.61. The van der Waals surface area contributed by atoms with E-state index in [4.69, 9.17) is 0 Å². The second kappa shape index (κ2) is 8.02. The smallest absolute Gasteiger partial charge is 0.194 e. The minimum Gasteiger partial charge on any atom is -0.206 e. The second-order valence-corrected chi connectivity index (χ2v) is 7.81. The molecule has 0 saturated heterocycles. The molecule has 0 aromatic heterocycles. The molecule has 149 valence electrons. The summed E-state index contributed by atoms with van der Waals surface area (Å²) in [6.07, 6.45) is 4.67. The fourth-order valence-electron chi connectivity index (χ4n) is 3.94. The van der Waals surface area contributed by atoms with Crippen molar-refractivity contribution < 1.29 is 17.6 Å². The zero-order valence-corrected chi connectivity index (χ0v) is 16.1. The maximum absolute atomic E-state index is 14.6. The topological polar surface area (TPSA) is 0 Å². The lowest BCUT2D eigenvalue weighted by atomic mass is 9.79. The Bertz CT molecular complexity index is 992. The lowest BCUT2D eigenvalue weighted by Crippen LogP contribution is -2.11. The van der Waals surface area contributed by atoms with E-state index in [0.717, 1.165) is 36.5 Å². The fraction of sp³-hybridized carbons (Fsp3) is 0.240. The molecule has 1 saturated carbocycles. The van der Waals surface area contributed by atoms with Crippen LogP contribution < -0.4 is 0 Å². The Balaban J connectivity index is 1.58. The quantitative estimate of drug-likeness (QED) is 0.314. The summed E-state index contributed by atoms with van der Waals surface area (Å²) >= 11 is 0. The highest BCUT2D eigenvalue weighted by molar-refractivity contribution is 5.71. The van der Waals surface area contributed by atoms with E-state index >= 15 is 0 Å². The maximum atomic E-state index is 14.6. The molecule has 3 aromatic rings. The Morgan fingerprint density at radius 1 is 0.621 bits per heavy atom. The van der Waals surface area contributed by atoms with Crippen LogP contribution >= 0.6 is 0 Å². The molecule has 1 aliphatic carbocycles. The largest absolute Gasteiger partial charge is 0.206 e. The molecule has 0 amide bonds. The Kier molecular flexibility index (Phi) is 5.44. The van der Waals surface area contributed by atoms with Crippen LogP contribution in [-0.4, -0.2) is 0 Å². The Morgan fingerprint density at radius 3 is 1.72 bits per heavy atom. The van der Waals surface area contributed by atoms with Gasteiger partial charge in [-0.05, 0) is 72.1 Å². The summed E-state index contributed by atoms with van der Waals surface area (Å²) < 4.78 is 54.8. The van der Waals surface area contributed by atoms with Gasteiger partial charge in [0.2, 0.25) is 0 Å². The van der Waals surface area contributed by atoms with Gasteiger partial charge in [-0.3, -0.25) is 0 Å². The number of halogens is 4. The minimum atomic E-state index is -1.56. The van der Waals surface area contributed by atoms with Crippen molar-refractivity contribution in [3.63, 3.8) is 0 Å². The van der Waals surface area contributed by atoms with Gasteiger partial charge in [-0.25, -0.2) is 17.6 Å². The highest BCUT2D eigenvalue weighted by Gasteiger charge is 2.20. The van der Waals surface area contributed by atoms with Crippen LogP contribution in [-0.2, 0) is 0 Å². The molecule has 0 spiro atoms. The van der Waals surface area contributed by atoms with Crippen LogP contribution in [0.15, 0.2) is 54.6 Å². The highest BCUT2D eigenvalue weighted by Crippen LogP contribution is 2.36. The first-order valence-corrected chi connectivity index (χ1v) is 9.82. The number of hydrogen-bond donors (Lipinski definition) is 0. The van der Waals surface area contributed by atoms with Gasteiger partial charge in [0.25, 0.3) is 0 Å². The van der Waals surface area contributed by atoms with E-state index < -0.39 is 23.3 Å². The standard InChI is InChI=1S/C25H21F4/c1-15-2-4-16(5-3-15)17-6-8-18(9-7-17)19-10-11-21(22(26)12-19)20-13-23(27)25(29)24(28)14-20/h6-15H,2-5H2,1H3. The van der Waals surface area contributed by atoms with Crippen molar-refractivity contribution in [3.8, 4) is 22.3 Å². The van der Waals surface area contributed by atoms with E-state index in [1.54, 1.807) is 6.07 Å². The van der Waals surface area contributed by atoms with Crippen LogP contribution in [0.5, 0.6) is 0 Å². The first-order chi connectivity index (χ1) is 13.9. The maximum Gasteiger partial charge on any atom is 0.194 e. The van der Waals surface area contributed by atoms with E-state index in [2.05, 4.69) is 19.1 Å². The zero-order chi connectivity index (χ0) is 20.5. The lowest BCUT2D eigenvalue weighted by molar-refractivity contribution is 0.416. The third-order valence-corrected chi connectivity index (χ3v) is 5.77. The van der Waals surface area contributed by atoms with Crippen LogP contribution in [0.1, 0.15) is 38.2 Å². The summed E-state index contributed by atoms with van der Waals surface area (Å²) in [6.45, 7) is 2.28. The van der Waals surface area contributed by atoms with E-state index in [1.165, 1.54) is 36.5 Å². The highest BCUT2D eigenvalue weighted by atomic mass is 19.2. The molecule has 0 N–H and O–H groups in total. The number of hydrogen-bond acceptors (Lipinski definition) is 0. The minimum absolute atomic E-state index is 0.0232. The van der Waals surface area contributed by atoms with E-state index in [0.29, 0.717) is 5.56 Å². The zero-order valence-electron chi connectivity index (χ0n) is 16.1. The average Bonchev–Trinajstić information content (AvgIpc) is 2.72. The first-order valence-electron chi connectivity index (χ1n) is 9.82. The summed E-state index contributed by atoms with van der Waals surface area (Å²) in [7, 11) is 0. The second-order valence-electron chi connectivity index (χ2n) is 7.81. The van der Waals surface area contributed by atoms with Crippen molar-refractivity contribution in [1.82, 2.24) is 0 Å². The predicted octanol–water partition coefficient (Wildman–Crippen LogP) is 7.71. The normalized spacial score (nSPS) is 15.6. The van der Waals surface area contributed by atoms with Gasteiger partial charge >= 0.3 is 0 Å². The summed E-state index contributed by atoms with van der Waals surface area (Å²) in [5, 5.41) is 0. The molecular weight excluding hydrogens is 376 g/mol. The Labute approximate surface area is 168 Å².